The van der Waals surface area contributed by atoms with Gasteiger partial charge in [-0.1, -0.05) is 0 Å². The zero-order chi connectivity index (χ0) is 14.4. The standard InChI is InChI=1S/C12H15BrN2O3S/c1-14(6-3-7-19-2)12(16)10-5-4-9(15(17)18)8-11(10)13/h4-5,8H,3,6-7H2,1-2H3. The van der Waals surface area contributed by atoms with Crippen LogP contribution in [0.4, 0.5) is 5.69 Å². The Morgan fingerprint density at radius 1 is 1.53 bits per heavy atom. The maximum atomic E-state index is 12.2. The first kappa shape index (κ1) is 16.0. The first-order valence-electron chi connectivity index (χ1n) is 5.65. The van der Waals surface area contributed by atoms with Gasteiger partial charge in [-0.05, 0) is 40.4 Å². The minimum absolute atomic E-state index is 0.0338. The highest BCUT2D eigenvalue weighted by molar-refractivity contribution is 9.10. The first-order valence-corrected chi connectivity index (χ1v) is 7.84. The van der Waals surface area contributed by atoms with Gasteiger partial charge in [0.25, 0.3) is 11.6 Å². The van der Waals surface area contributed by atoms with Crippen LogP contribution in [-0.2, 0) is 0 Å². The van der Waals surface area contributed by atoms with Gasteiger partial charge in [0.1, 0.15) is 0 Å². The summed E-state index contributed by atoms with van der Waals surface area (Å²) in [5.74, 6) is 0.863. The lowest BCUT2D eigenvalue weighted by molar-refractivity contribution is -0.384. The van der Waals surface area contributed by atoms with Crippen LogP contribution in [-0.4, -0.2) is 41.3 Å². The summed E-state index contributed by atoms with van der Waals surface area (Å²) in [4.78, 5) is 23.9. The number of halogens is 1. The molecule has 7 heteroatoms. The van der Waals surface area contributed by atoms with E-state index in [9.17, 15) is 14.9 Å². The van der Waals surface area contributed by atoms with Gasteiger partial charge in [0.2, 0.25) is 0 Å². The van der Waals surface area contributed by atoms with Crippen molar-refractivity contribution in [3.63, 3.8) is 0 Å². The van der Waals surface area contributed by atoms with Crippen molar-refractivity contribution < 1.29 is 9.72 Å². The Morgan fingerprint density at radius 2 is 2.21 bits per heavy atom. The van der Waals surface area contributed by atoms with Crippen LogP contribution in [0.2, 0.25) is 0 Å². The number of benzene rings is 1. The number of rotatable bonds is 6. The zero-order valence-corrected chi connectivity index (χ0v) is 13.2. The van der Waals surface area contributed by atoms with Crippen molar-refractivity contribution in [2.24, 2.45) is 0 Å². The molecule has 0 aliphatic heterocycles. The number of non-ortho nitro benzene ring substituents is 1. The number of hydrogen-bond donors (Lipinski definition) is 0. The van der Waals surface area contributed by atoms with Crippen molar-refractivity contribution in [1.29, 1.82) is 0 Å². The molecule has 0 aliphatic rings. The molecule has 0 aliphatic carbocycles. The minimum Gasteiger partial charge on any atom is -0.342 e. The Morgan fingerprint density at radius 3 is 2.74 bits per heavy atom. The van der Waals surface area contributed by atoms with E-state index in [2.05, 4.69) is 15.9 Å². The number of nitro benzene ring substituents is 1. The molecule has 0 fully saturated rings. The molecule has 0 unspecified atom stereocenters. The van der Waals surface area contributed by atoms with E-state index < -0.39 is 4.92 Å². The molecule has 0 bridgehead atoms. The predicted octanol–water partition coefficient (Wildman–Crippen LogP) is 3.18. The quantitative estimate of drug-likeness (QED) is 0.450. The van der Waals surface area contributed by atoms with Gasteiger partial charge in [-0.15, -0.1) is 0 Å². The number of thioether (sulfide) groups is 1. The van der Waals surface area contributed by atoms with Crippen molar-refractivity contribution in [3.05, 3.63) is 38.3 Å². The number of nitrogens with zero attached hydrogens (tertiary/aromatic N) is 2. The fourth-order valence-corrected chi connectivity index (χ4v) is 2.50. The topological polar surface area (TPSA) is 63.5 Å². The molecule has 0 N–H and O–H groups in total. The highest BCUT2D eigenvalue weighted by Gasteiger charge is 2.17. The van der Waals surface area contributed by atoms with E-state index in [-0.39, 0.29) is 11.6 Å². The zero-order valence-electron chi connectivity index (χ0n) is 10.8. The van der Waals surface area contributed by atoms with Gasteiger partial charge in [0, 0.05) is 30.2 Å². The Hall–Kier alpha value is -1.08. The van der Waals surface area contributed by atoms with Crippen molar-refractivity contribution in [2.75, 3.05) is 25.6 Å². The van der Waals surface area contributed by atoms with Crippen LogP contribution < -0.4 is 0 Å². The summed E-state index contributed by atoms with van der Waals surface area (Å²) in [6.07, 6.45) is 2.95. The van der Waals surface area contributed by atoms with E-state index in [4.69, 9.17) is 0 Å². The second kappa shape index (κ2) is 7.49. The molecule has 1 rings (SSSR count). The third-order valence-corrected chi connectivity index (χ3v) is 3.94. The fourth-order valence-electron chi connectivity index (χ4n) is 1.54. The van der Waals surface area contributed by atoms with E-state index in [1.54, 1.807) is 23.7 Å². The Balaban J connectivity index is 2.79. The molecule has 0 atom stereocenters. The first-order chi connectivity index (χ1) is 8.97. The molecule has 1 aromatic carbocycles. The average molecular weight is 347 g/mol. The Kier molecular flexibility index (Phi) is 6.30. The van der Waals surface area contributed by atoms with Crippen molar-refractivity contribution in [2.45, 2.75) is 6.42 Å². The monoisotopic (exact) mass is 346 g/mol. The largest absolute Gasteiger partial charge is 0.342 e. The van der Waals surface area contributed by atoms with Gasteiger partial charge in [0.05, 0.1) is 10.5 Å². The molecule has 5 nitrogen and oxygen atoms in total. The molecule has 0 radical (unpaired) electrons. The average Bonchev–Trinajstić information content (AvgIpc) is 2.37. The summed E-state index contributed by atoms with van der Waals surface area (Å²) < 4.78 is 0.448. The van der Waals surface area contributed by atoms with E-state index in [0.29, 0.717) is 16.6 Å². The molecule has 0 aromatic heterocycles. The predicted molar refractivity (Wildman–Crippen MR) is 80.8 cm³/mol. The number of hydrogen-bond acceptors (Lipinski definition) is 4. The van der Waals surface area contributed by atoms with Gasteiger partial charge in [-0.25, -0.2) is 0 Å². The number of nitro groups is 1. The van der Waals surface area contributed by atoms with Crippen LogP contribution in [0.3, 0.4) is 0 Å². The highest BCUT2D eigenvalue weighted by atomic mass is 79.9. The lowest BCUT2D eigenvalue weighted by Gasteiger charge is -2.17. The van der Waals surface area contributed by atoms with Gasteiger partial charge in [0.15, 0.2) is 0 Å². The summed E-state index contributed by atoms with van der Waals surface area (Å²) in [6, 6.07) is 4.17. The molecule has 104 valence electrons. The van der Waals surface area contributed by atoms with Gasteiger partial charge < -0.3 is 4.90 Å². The maximum absolute atomic E-state index is 12.2. The summed E-state index contributed by atoms with van der Waals surface area (Å²) >= 11 is 4.95. The van der Waals surface area contributed by atoms with Crippen LogP contribution >= 0.6 is 27.7 Å². The normalized spacial score (nSPS) is 10.3. The number of carbonyl (C=O) groups is 1. The summed E-state index contributed by atoms with van der Waals surface area (Å²) in [5, 5.41) is 10.6. The summed E-state index contributed by atoms with van der Waals surface area (Å²) in [5.41, 5.74) is 0.408. The fraction of sp³-hybridized carbons (Fsp3) is 0.417. The molecule has 19 heavy (non-hydrogen) atoms. The molecule has 0 saturated heterocycles. The molecular formula is C12H15BrN2O3S. The SMILES string of the molecule is CSCCCN(C)C(=O)c1ccc([N+](=O)[O-])cc1Br. The van der Waals surface area contributed by atoms with Crippen LogP contribution in [0.1, 0.15) is 16.8 Å². The van der Waals surface area contributed by atoms with Gasteiger partial charge in [-0.2, -0.15) is 11.8 Å². The minimum atomic E-state index is -0.485. The lowest BCUT2D eigenvalue weighted by Crippen LogP contribution is -2.28. The lowest BCUT2D eigenvalue weighted by atomic mass is 10.2. The van der Waals surface area contributed by atoms with Crippen LogP contribution in [0, 0.1) is 10.1 Å². The van der Waals surface area contributed by atoms with Gasteiger partial charge in [-0.3, -0.25) is 14.9 Å². The van der Waals surface area contributed by atoms with Crippen molar-refractivity contribution in [1.82, 2.24) is 4.90 Å². The Labute approximate surface area is 124 Å². The number of carbonyl (C=O) groups excluding carboxylic acids is 1. The van der Waals surface area contributed by atoms with E-state index in [1.807, 2.05) is 6.26 Å². The third kappa shape index (κ3) is 4.50. The molecule has 0 spiro atoms. The van der Waals surface area contributed by atoms with Crippen LogP contribution in [0.5, 0.6) is 0 Å². The second-order valence-corrected chi connectivity index (χ2v) is 5.83. The van der Waals surface area contributed by atoms with Crippen molar-refractivity contribution >= 4 is 39.3 Å². The van der Waals surface area contributed by atoms with Crippen LogP contribution in [0.25, 0.3) is 0 Å². The number of amides is 1. The van der Waals surface area contributed by atoms with E-state index in [0.717, 1.165) is 12.2 Å². The van der Waals surface area contributed by atoms with Crippen molar-refractivity contribution in [3.8, 4) is 0 Å². The maximum Gasteiger partial charge on any atom is 0.270 e. The molecule has 0 heterocycles. The van der Waals surface area contributed by atoms with E-state index in [1.165, 1.54) is 18.2 Å². The second-order valence-electron chi connectivity index (χ2n) is 3.99. The van der Waals surface area contributed by atoms with Gasteiger partial charge >= 0.3 is 0 Å². The summed E-state index contributed by atoms with van der Waals surface area (Å²) in [7, 11) is 1.73. The third-order valence-electron chi connectivity index (χ3n) is 2.58. The van der Waals surface area contributed by atoms with E-state index >= 15 is 0 Å². The molecular weight excluding hydrogens is 332 g/mol. The molecule has 1 amide bonds. The summed E-state index contributed by atoms with van der Waals surface area (Å²) in [6.45, 7) is 0.670. The van der Waals surface area contributed by atoms with Crippen LogP contribution in [0.15, 0.2) is 22.7 Å². The highest BCUT2D eigenvalue weighted by Crippen LogP contribution is 2.24. The smallest absolute Gasteiger partial charge is 0.270 e. The molecule has 1 aromatic rings. The molecule has 0 saturated carbocycles. The Bertz CT molecular complexity index is 482.